The zero-order valence-electron chi connectivity index (χ0n) is 14.4. The second-order valence-corrected chi connectivity index (χ2v) is 5.41. The molecule has 1 atom stereocenters. The number of anilines is 1. The Bertz CT molecular complexity index is 744. The molecule has 1 amide bonds. The van der Waals surface area contributed by atoms with Crippen LogP contribution in [0.15, 0.2) is 48.5 Å². The van der Waals surface area contributed by atoms with Crippen LogP contribution in [0.3, 0.4) is 0 Å². The number of carbonyl (C=O) groups is 2. The van der Waals surface area contributed by atoms with E-state index in [0.29, 0.717) is 17.2 Å². The summed E-state index contributed by atoms with van der Waals surface area (Å²) in [4.78, 5) is 24.0. The standard InChI is InChI=1S/C19H21NO5/c1-13-7-4-5-10-17(13)24-12-18(21)25-14(2)19(22)20-15-8-6-9-16(11-15)23-3/h4-11,14H,12H2,1-3H3,(H,20,22)/t14-/m1/s1. The molecule has 0 saturated heterocycles. The van der Waals surface area contributed by atoms with Crippen LogP contribution in [-0.2, 0) is 14.3 Å². The minimum absolute atomic E-state index is 0.262. The fourth-order valence-corrected chi connectivity index (χ4v) is 2.08. The third kappa shape index (κ3) is 5.53. The summed E-state index contributed by atoms with van der Waals surface area (Å²) < 4.78 is 15.6. The Morgan fingerprint density at radius 1 is 1.12 bits per heavy atom. The molecule has 0 aliphatic heterocycles. The van der Waals surface area contributed by atoms with Crippen molar-refractivity contribution >= 4 is 17.6 Å². The van der Waals surface area contributed by atoms with Crippen LogP contribution >= 0.6 is 0 Å². The van der Waals surface area contributed by atoms with Gasteiger partial charge in [-0.2, -0.15) is 0 Å². The molecule has 0 aromatic heterocycles. The molecule has 0 aliphatic carbocycles. The molecule has 0 spiro atoms. The van der Waals surface area contributed by atoms with Crippen molar-refractivity contribution < 1.29 is 23.8 Å². The number of methoxy groups -OCH3 is 1. The third-order valence-electron chi connectivity index (χ3n) is 3.45. The van der Waals surface area contributed by atoms with Crippen molar-refractivity contribution in [2.24, 2.45) is 0 Å². The lowest BCUT2D eigenvalue weighted by Gasteiger charge is -2.14. The molecule has 6 heteroatoms. The summed E-state index contributed by atoms with van der Waals surface area (Å²) in [5.41, 5.74) is 1.47. The number of rotatable bonds is 7. The van der Waals surface area contributed by atoms with E-state index >= 15 is 0 Å². The molecular weight excluding hydrogens is 322 g/mol. The largest absolute Gasteiger partial charge is 0.497 e. The molecule has 0 bridgehead atoms. The maximum Gasteiger partial charge on any atom is 0.344 e. The number of para-hydroxylation sites is 1. The summed E-state index contributed by atoms with van der Waals surface area (Å²) in [5.74, 6) is 0.177. The number of esters is 1. The monoisotopic (exact) mass is 343 g/mol. The zero-order chi connectivity index (χ0) is 18.2. The maximum absolute atomic E-state index is 12.1. The molecule has 0 unspecified atom stereocenters. The van der Waals surface area contributed by atoms with Gasteiger partial charge in [-0.15, -0.1) is 0 Å². The molecule has 0 radical (unpaired) electrons. The van der Waals surface area contributed by atoms with E-state index in [0.717, 1.165) is 5.56 Å². The van der Waals surface area contributed by atoms with Crippen LogP contribution < -0.4 is 14.8 Å². The number of ether oxygens (including phenoxy) is 3. The Hall–Kier alpha value is -3.02. The fourth-order valence-electron chi connectivity index (χ4n) is 2.08. The molecule has 2 rings (SSSR count). The van der Waals surface area contributed by atoms with Crippen molar-refractivity contribution in [3.8, 4) is 11.5 Å². The van der Waals surface area contributed by atoms with Crippen LogP contribution in [0.25, 0.3) is 0 Å². The zero-order valence-corrected chi connectivity index (χ0v) is 14.4. The second kappa shape index (κ2) is 8.73. The summed E-state index contributed by atoms with van der Waals surface area (Å²) in [6, 6.07) is 14.3. The van der Waals surface area contributed by atoms with E-state index in [1.54, 1.807) is 37.4 Å². The number of amides is 1. The van der Waals surface area contributed by atoms with Gasteiger partial charge in [-0.1, -0.05) is 24.3 Å². The van der Waals surface area contributed by atoms with Crippen molar-refractivity contribution in [3.05, 3.63) is 54.1 Å². The minimum atomic E-state index is -0.945. The van der Waals surface area contributed by atoms with Crippen LogP contribution in [0.2, 0.25) is 0 Å². The predicted molar refractivity (Wildman–Crippen MR) is 93.9 cm³/mol. The van der Waals surface area contributed by atoms with E-state index in [1.807, 2.05) is 25.1 Å². The van der Waals surface area contributed by atoms with Crippen LogP contribution in [0, 0.1) is 6.92 Å². The minimum Gasteiger partial charge on any atom is -0.497 e. The number of benzene rings is 2. The van der Waals surface area contributed by atoms with Gasteiger partial charge in [0.25, 0.3) is 5.91 Å². The van der Waals surface area contributed by atoms with E-state index in [-0.39, 0.29) is 6.61 Å². The Morgan fingerprint density at radius 2 is 1.88 bits per heavy atom. The number of hydrogen-bond acceptors (Lipinski definition) is 5. The van der Waals surface area contributed by atoms with Gasteiger partial charge >= 0.3 is 5.97 Å². The highest BCUT2D eigenvalue weighted by Crippen LogP contribution is 2.17. The molecule has 132 valence electrons. The van der Waals surface area contributed by atoms with Crippen molar-refractivity contribution in [1.82, 2.24) is 0 Å². The Labute approximate surface area is 146 Å². The van der Waals surface area contributed by atoms with Gasteiger partial charge in [-0.3, -0.25) is 4.79 Å². The topological polar surface area (TPSA) is 73.9 Å². The van der Waals surface area contributed by atoms with Crippen LogP contribution in [0.1, 0.15) is 12.5 Å². The highest BCUT2D eigenvalue weighted by Gasteiger charge is 2.18. The molecule has 1 N–H and O–H groups in total. The van der Waals surface area contributed by atoms with Gasteiger partial charge in [0.2, 0.25) is 0 Å². The van der Waals surface area contributed by atoms with Gasteiger partial charge in [0.1, 0.15) is 11.5 Å². The van der Waals surface area contributed by atoms with E-state index in [9.17, 15) is 9.59 Å². The van der Waals surface area contributed by atoms with Gasteiger partial charge < -0.3 is 19.5 Å². The summed E-state index contributed by atoms with van der Waals surface area (Å²) >= 11 is 0. The SMILES string of the molecule is COc1cccc(NC(=O)[C@@H](C)OC(=O)COc2ccccc2C)c1. The van der Waals surface area contributed by atoms with E-state index in [4.69, 9.17) is 14.2 Å². The van der Waals surface area contributed by atoms with Crippen molar-refractivity contribution in [2.45, 2.75) is 20.0 Å². The van der Waals surface area contributed by atoms with Crippen LogP contribution in [0.4, 0.5) is 5.69 Å². The van der Waals surface area contributed by atoms with Crippen LogP contribution in [-0.4, -0.2) is 31.7 Å². The van der Waals surface area contributed by atoms with E-state index in [1.165, 1.54) is 6.92 Å². The first kappa shape index (κ1) is 18.3. The third-order valence-corrected chi connectivity index (χ3v) is 3.45. The Balaban J connectivity index is 1.83. The number of nitrogens with one attached hydrogen (secondary N) is 1. The molecule has 0 fully saturated rings. The van der Waals surface area contributed by atoms with Crippen molar-refractivity contribution in [1.29, 1.82) is 0 Å². The lowest BCUT2D eigenvalue weighted by Crippen LogP contribution is -2.31. The first-order valence-corrected chi connectivity index (χ1v) is 7.82. The van der Waals surface area contributed by atoms with Gasteiger partial charge in [-0.05, 0) is 37.6 Å². The van der Waals surface area contributed by atoms with Gasteiger partial charge in [-0.25, -0.2) is 4.79 Å². The second-order valence-electron chi connectivity index (χ2n) is 5.41. The Morgan fingerprint density at radius 3 is 2.60 bits per heavy atom. The molecule has 25 heavy (non-hydrogen) atoms. The normalized spacial score (nSPS) is 11.3. The number of aryl methyl sites for hydroxylation is 1. The van der Waals surface area contributed by atoms with E-state index in [2.05, 4.69) is 5.32 Å². The van der Waals surface area contributed by atoms with Crippen molar-refractivity contribution in [2.75, 3.05) is 19.0 Å². The molecular formula is C19H21NO5. The summed E-state index contributed by atoms with van der Waals surface area (Å²) in [7, 11) is 1.54. The quantitative estimate of drug-likeness (QED) is 0.783. The van der Waals surface area contributed by atoms with Gasteiger partial charge in [0.05, 0.1) is 7.11 Å². The van der Waals surface area contributed by atoms with Crippen LogP contribution in [0.5, 0.6) is 11.5 Å². The average Bonchev–Trinajstić information content (AvgIpc) is 2.61. The van der Waals surface area contributed by atoms with Gasteiger partial charge in [0, 0.05) is 11.8 Å². The first-order valence-electron chi connectivity index (χ1n) is 7.82. The number of hydrogen-bond donors (Lipinski definition) is 1. The number of carbonyl (C=O) groups excluding carboxylic acids is 2. The Kier molecular flexibility index (Phi) is 6.39. The van der Waals surface area contributed by atoms with Crippen molar-refractivity contribution in [3.63, 3.8) is 0 Å². The smallest absolute Gasteiger partial charge is 0.344 e. The van der Waals surface area contributed by atoms with E-state index < -0.39 is 18.0 Å². The first-order chi connectivity index (χ1) is 12.0. The molecule has 2 aromatic carbocycles. The molecule has 6 nitrogen and oxygen atoms in total. The predicted octanol–water partition coefficient (Wildman–Crippen LogP) is 2.95. The molecule has 0 saturated carbocycles. The van der Waals surface area contributed by atoms with Gasteiger partial charge in [0.15, 0.2) is 12.7 Å². The highest BCUT2D eigenvalue weighted by molar-refractivity contribution is 5.95. The summed E-state index contributed by atoms with van der Waals surface area (Å²) in [6.07, 6.45) is -0.945. The maximum atomic E-state index is 12.1. The highest BCUT2D eigenvalue weighted by atomic mass is 16.6. The summed E-state index contributed by atoms with van der Waals surface area (Å²) in [5, 5.41) is 2.67. The lowest BCUT2D eigenvalue weighted by molar-refractivity contribution is -0.155. The summed E-state index contributed by atoms with van der Waals surface area (Å²) in [6.45, 7) is 3.12. The molecule has 2 aromatic rings. The molecule has 0 heterocycles. The fraction of sp³-hybridized carbons (Fsp3) is 0.263. The lowest BCUT2D eigenvalue weighted by atomic mass is 10.2. The average molecular weight is 343 g/mol. The molecule has 0 aliphatic rings.